The average Bonchev–Trinajstić information content (AvgIpc) is 2.58. The van der Waals surface area contributed by atoms with Crippen LogP contribution in [0.5, 0.6) is 0 Å². The van der Waals surface area contributed by atoms with E-state index in [4.69, 9.17) is 10.5 Å². The van der Waals surface area contributed by atoms with Crippen LogP contribution in [0.2, 0.25) is 0 Å². The van der Waals surface area contributed by atoms with Crippen molar-refractivity contribution in [2.24, 2.45) is 11.7 Å². The quantitative estimate of drug-likeness (QED) is 0.889. The Hall–Kier alpha value is -2.88. The lowest BCUT2D eigenvalue weighted by Crippen LogP contribution is -2.44. The van der Waals surface area contributed by atoms with Gasteiger partial charge in [0, 0.05) is 30.4 Å². The predicted octanol–water partition coefficient (Wildman–Crippen LogP) is 3.53. The van der Waals surface area contributed by atoms with Crippen molar-refractivity contribution in [2.45, 2.75) is 38.5 Å². The number of hydrogen-bond donors (Lipinski definition) is 1. The molecule has 1 aromatic heterocycles. The number of carbonyl (C=O) groups excluding carboxylic acids is 1. The van der Waals surface area contributed by atoms with Crippen LogP contribution in [0.25, 0.3) is 10.9 Å². The molecule has 7 heteroatoms. The summed E-state index contributed by atoms with van der Waals surface area (Å²) in [6.07, 6.45) is 0.755. The number of anilines is 1. The third-order valence-electron chi connectivity index (χ3n) is 4.85. The number of fused-ring (bicyclic) bond motifs is 1. The van der Waals surface area contributed by atoms with E-state index in [9.17, 15) is 14.4 Å². The summed E-state index contributed by atoms with van der Waals surface area (Å²) in [5, 5.41) is 10.1. The lowest BCUT2D eigenvalue weighted by Gasteiger charge is -2.39. The molecule has 1 fully saturated rings. The molecule has 2 atom stereocenters. The SMILES string of the molecule is CC(C)(C[C@@H]1C[C@H](F)CN(c2ccc(C#N)c3ncccc23)C1)OC(N)=O. The van der Waals surface area contributed by atoms with Crippen molar-refractivity contribution in [3.63, 3.8) is 0 Å². The van der Waals surface area contributed by atoms with Crippen LogP contribution in [-0.2, 0) is 4.74 Å². The molecule has 0 spiro atoms. The van der Waals surface area contributed by atoms with E-state index in [1.807, 2.05) is 23.1 Å². The average molecular weight is 370 g/mol. The van der Waals surface area contributed by atoms with E-state index in [2.05, 4.69) is 11.1 Å². The number of carbonyl (C=O) groups is 1. The molecule has 142 valence electrons. The Morgan fingerprint density at radius 2 is 2.22 bits per heavy atom. The third kappa shape index (κ3) is 4.27. The number of nitrogens with zero attached hydrogens (tertiary/aromatic N) is 3. The van der Waals surface area contributed by atoms with Gasteiger partial charge in [-0.2, -0.15) is 5.26 Å². The van der Waals surface area contributed by atoms with Crippen molar-refractivity contribution in [3.05, 3.63) is 36.0 Å². The minimum Gasteiger partial charge on any atom is -0.444 e. The minimum absolute atomic E-state index is 0.00506. The zero-order valence-corrected chi connectivity index (χ0v) is 15.5. The second kappa shape index (κ2) is 7.39. The standard InChI is InChI=1S/C20H23FN4O2/c1-20(2,27-19(23)26)9-13-8-15(21)12-25(11-13)17-6-5-14(10-22)18-16(17)4-3-7-24-18/h3-7,13,15H,8-9,11-12H2,1-2H3,(H2,23,26)/t13-,15-/m0/s1. The normalized spacial score (nSPS) is 20.3. The second-order valence-corrected chi connectivity index (χ2v) is 7.63. The number of alkyl halides is 1. The van der Waals surface area contributed by atoms with Crippen molar-refractivity contribution in [2.75, 3.05) is 18.0 Å². The molecular weight excluding hydrogens is 347 g/mol. The van der Waals surface area contributed by atoms with E-state index >= 15 is 0 Å². The zero-order chi connectivity index (χ0) is 19.6. The third-order valence-corrected chi connectivity index (χ3v) is 4.85. The van der Waals surface area contributed by atoms with Crippen LogP contribution >= 0.6 is 0 Å². The van der Waals surface area contributed by atoms with Gasteiger partial charge in [0.05, 0.1) is 11.1 Å². The summed E-state index contributed by atoms with van der Waals surface area (Å²) in [5.74, 6) is 0.00506. The second-order valence-electron chi connectivity index (χ2n) is 7.63. The van der Waals surface area contributed by atoms with Gasteiger partial charge in [-0.25, -0.2) is 9.18 Å². The van der Waals surface area contributed by atoms with E-state index in [0.29, 0.717) is 30.5 Å². The van der Waals surface area contributed by atoms with Crippen LogP contribution < -0.4 is 10.6 Å². The summed E-state index contributed by atoms with van der Waals surface area (Å²) in [4.78, 5) is 17.4. The van der Waals surface area contributed by atoms with Crippen molar-refractivity contribution < 1.29 is 13.9 Å². The molecule has 1 aliphatic rings. The molecule has 1 aromatic carbocycles. The summed E-state index contributed by atoms with van der Waals surface area (Å²) in [5.41, 5.74) is 6.36. The van der Waals surface area contributed by atoms with Gasteiger partial charge in [-0.15, -0.1) is 0 Å². The number of nitriles is 1. The summed E-state index contributed by atoms with van der Waals surface area (Å²) in [7, 11) is 0. The monoisotopic (exact) mass is 370 g/mol. The lowest BCUT2D eigenvalue weighted by molar-refractivity contribution is 0.0212. The summed E-state index contributed by atoms with van der Waals surface area (Å²) in [6.45, 7) is 4.47. The van der Waals surface area contributed by atoms with Gasteiger partial charge in [0.15, 0.2) is 0 Å². The number of aromatic nitrogens is 1. The van der Waals surface area contributed by atoms with Crippen molar-refractivity contribution >= 4 is 22.7 Å². The van der Waals surface area contributed by atoms with Crippen molar-refractivity contribution in [1.82, 2.24) is 4.98 Å². The Labute approximate surface area is 157 Å². The van der Waals surface area contributed by atoms with Gasteiger partial charge in [-0.3, -0.25) is 4.98 Å². The number of rotatable bonds is 4. The number of piperidine rings is 1. The van der Waals surface area contributed by atoms with Gasteiger partial charge >= 0.3 is 6.09 Å². The number of hydrogen-bond acceptors (Lipinski definition) is 5. The lowest BCUT2D eigenvalue weighted by atomic mass is 9.86. The Bertz CT molecular complexity index is 893. The molecule has 2 aromatic rings. The van der Waals surface area contributed by atoms with Crippen LogP contribution in [0.1, 0.15) is 32.3 Å². The van der Waals surface area contributed by atoms with Crippen LogP contribution in [0, 0.1) is 17.2 Å². The van der Waals surface area contributed by atoms with E-state index < -0.39 is 17.9 Å². The van der Waals surface area contributed by atoms with Crippen LogP contribution in [0.15, 0.2) is 30.5 Å². The number of benzene rings is 1. The van der Waals surface area contributed by atoms with Gasteiger partial charge in [0.2, 0.25) is 0 Å². The van der Waals surface area contributed by atoms with Crippen LogP contribution in [-0.4, -0.2) is 35.9 Å². The fourth-order valence-electron chi connectivity index (χ4n) is 4.01. The molecular formula is C20H23FN4O2. The molecule has 6 nitrogen and oxygen atoms in total. The molecule has 0 saturated carbocycles. The number of nitrogens with two attached hydrogens (primary N) is 1. The number of amides is 1. The molecule has 1 saturated heterocycles. The van der Waals surface area contributed by atoms with E-state index in [-0.39, 0.29) is 12.5 Å². The van der Waals surface area contributed by atoms with Gasteiger partial charge in [0.1, 0.15) is 17.8 Å². The molecule has 0 unspecified atom stereocenters. The largest absolute Gasteiger partial charge is 0.444 e. The first-order valence-corrected chi connectivity index (χ1v) is 8.94. The molecule has 2 heterocycles. The summed E-state index contributed by atoms with van der Waals surface area (Å²) >= 11 is 0. The first-order valence-electron chi connectivity index (χ1n) is 8.94. The number of primary amides is 1. The topological polar surface area (TPSA) is 92.2 Å². The van der Waals surface area contributed by atoms with E-state index in [0.717, 1.165) is 11.1 Å². The highest BCUT2D eigenvalue weighted by atomic mass is 19.1. The maximum absolute atomic E-state index is 14.5. The first-order chi connectivity index (χ1) is 12.8. The Morgan fingerprint density at radius 3 is 2.93 bits per heavy atom. The summed E-state index contributed by atoms with van der Waals surface area (Å²) in [6, 6.07) is 9.43. The summed E-state index contributed by atoms with van der Waals surface area (Å²) < 4.78 is 19.7. The molecule has 1 aliphatic heterocycles. The van der Waals surface area contributed by atoms with Crippen LogP contribution in [0.4, 0.5) is 14.9 Å². The Kier molecular flexibility index (Phi) is 5.17. The molecule has 27 heavy (non-hydrogen) atoms. The molecule has 3 rings (SSSR count). The van der Waals surface area contributed by atoms with E-state index in [1.54, 1.807) is 26.1 Å². The molecule has 0 bridgehead atoms. The van der Waals surface area contributed by atoms with E-state index in [1.165, 1.54) is 0 Å². The van der Waals surface area contributed by atoms with Gasteiger partial charge in [0.25, 0.3) is 0 Å². The highest BCUT2D eigenvalue weighted by Gasteiger charge is 2.34. The molecule has 2 N–H and O–H groups in total. The molecule has 0 aliphatic carbocycles. The molecule has 1 amide bonds. The smallest absolute Gasteiger partial charge is 0.405 e. The number of pyridine rings is 1. The fourth-order valence-corrected chi connectivity index (χ4v) is 4.01. The first kappa shape index (κ1) is 18.9. The zero-order valence-electron chi connectivity index (χ0n) is 15.5. The Balaban J connectivity index is 1.88. The van der Waals surface area contributed by atoms with Gasteiger partial charge < -0.3 is 15.4 Å². The fraction of sp³-hybridized carbons (Fsp3) is 0.450. The van der Waals surface area contributed by atoms with Gasteiger partial charge in [-0.1, -0.05) is 0 Å². The van der Waals surface area contributed by atoms with Gasteiger partial charge in [-0.05, 0) is 56.9 Å². The predicted molar refractivity (Wildman–Crippen MR) is 101 cm³/mol. The van der Waals surface area contributed by atoms with Crippen molar-refractivity contribution in [1.29, 1.82) is 5.26 Å². The molecule has 0 radical (unpaired) electrons. The Morgan fingerprint density at radius 1 is 1.44 bits per heavy atom. The van der Waals surface area contributed by atoms with Crippen molar-refractivity contribution in [3.8, 4) is 6.07 Å². The highest BCUT2D eigenvalue weighted by Crippen LogP contribution is 2.34. The minimum atomic E-state index is -0.990. The number of halogens is 1. The maximum Gasteiger partial charge on any atom is 0.405 e. The maximum atomic E-state index is 14.5. The highest BCUT2D eigenvalue weighted by molar-refractivity contribution is 5.95. The number of ether oxygens (including phenoxy) is 1. The van der Waals surface area contributed by atoms with Crippen LogP contribution in [0.3, 0.4) is 0 Å².